The van der Waals surface area contributed by atoms with Crippen LogP contribution in [-0.2, 0) is 12.8 Å². The summed E-state index contributed by atoms with van der Waals surface area (Å²) in [5.74, 6) is 0.937. The van der Waals surface area contributed by atoms with Crippen LogP contribution in [0.5, 0.6) is 11.6 Å². The number of aryl methyl sites for hydroxylation is 2. The van der Waals surface area contributed by atoms with Gasteiger partial charge >= 0.3 is 0 Å². The zero-order chi connectivity index (χ0) is 18.4. The lowest BCUT2D eigenvalue weighted by Crippen LogP contribution is -2.00. The molecular weight excluding hydrogens is 364 g/mol. The molecule has 134 valence electrons. The zero-order valence-corrected chi connectivity index (χ0v) is 15.0. The third kappa shape index (κ3) is 2.60. The minimum absolute atomic E-state index is 0.00574. The molecule has 1 aliphatic rings. The Morgan fingerprint density at radius 3 is 2.89 bits per heavy atom. The van der Waals surface area contributed by atoms with E-state index in [1.165, 1.54) is 29.3 Å². The zero-order valence-electron chi connectivity index (χ0n) is 14.2. The fourth-order valence-corrected chi connectivity index (χ4v) is 4.84. The number of fused-ring (bicyclic) bond motifs is 4. The molecule has 5 rings (SSSR count). The van der Waals surface area contributed by atoms with E-state index in [1.54, 1.807) is 35.7 Å². The van der Waals surface area contributed by atoms with Crippen molar-refractivity contribution in [1.82, 2.24) is 15.0 Å². The lowest BCUT2D eigenvalue weighted by molar-refractivity contribution is -0.383. The molecule has 0 saturated heterocycles. The average molecular weight is 378 g/mol. The molecule has 8 heteroatoms. The van der Waals surface area contributed by atoms with Crippen LogP contribution in [0.15, 0.2) is 36.8 Å². The molecule has 1 aromatic carbocycles. The predicted molar refractivity (Wildman–Crippen MR) is 103 cm³/mol. The molecule has 0 fully saturated rings. The lowest BCUT2D eigenvalue weighted by Gasteiger charge is -2.12. The summed E-state index contributed by atoms with van der Waals surface area (Å²) in [6, 6.07) is 6.38. The maximum Gasteiger partial charge on any atom is 0.279 e. The Labute approximate surface area is 157 Å². The van der Waals surface area contributed by atoms with Crippen molar-refractivity contribution in [2.24, 2.45) is 0 Å². The summed E-state index contributed by atoms with van der Waals surface area (Å²) in [6.45, 7) is 0. The van der Waals surface area contributed by atoms with Crippen LogP contribution in [0.4, 0.5) is 5.69 Å². The minimum atomic E-state index is -0.411. The Bertz CT molecular complexity index is 1200. The standard InChI is InChI=1S/C19H14N4O3S/c24-23(25)13-7-8-14(17-11(13)5-3-9-20-17)26-18-16-12-4-1-2-6-15(12)27-19(16)22-10-21-18/h3,5,7-10H,1-2,4,6H2. The van der Waals surface area contributed by atoms with E-state index in [4.69, 9.17) is 4.74 Å². The molecule has 0 bridgehead atoms. The van der Waals surface area contributed by atoms with Gasteiger partial charge in [0.1, 0.15) is 16.7 Å². The van der Waals surface area contributed by atoms with Crippen molar-refractivity contribution in [3.8, 4) is 11.6 Å². The second-order valence-corrected chi connectivity index (χ2v) is 7.50. The van der Waals surface area contributed by atoms with Crippen LogP contribution in [0, 0.1) is 10.1 Å². The number of thiophene rings is 1. The summed E-state index contributed by atoms with van der Waals surface area (Å²) in [5.41, 5.74) is 1.73. The van der Waals surface area contributed by atoms with E-state index in [0.29, 0.717) is 22.5 Å². The largest absolute Gasteiger partial charge is 0.436 e. The SMILES string of the molecule is O=[N+]([O-])c1ccc(Oc2ncnc3sc4c(c23)CCCC4)c2ncccc12. The van der Waals surface area contributed by atoms with Gasteiger partial charge < -0.3 is 4.74 Å². The van der Waals surface area contributed by atoms with E-state index in [9.17, 15) is 10.1 Å². The first kappa shape index (κ1) is 16.1. The molecule has 0 saturated carbocycles. The maximum atomic E-state index is 11.3. The van der Waals surface area contributed by atoms with Gasteiger partial charge in [0, 0.05) is 17.1 Å². The summed E-state index contributed by atoms with van der Waals surface area (Å²) in [7, 11) is 0. The number of hydrogen-bond donors (Lipinski definition) is 0. The molecule has 0 N–H and O–H groups in total. The summed E-state index contributed by atoms with van der Waals surface area (Å²) < 4.78 is 6.13. The lowest BCUT2D eigenvalue weighted by atomic mass is 9.97. The highest BCUT2D eigenvalue weighted by Crippen LogP contribution is 2.41. The molecule has 27 heavy (non-hydrogen) atoms. The third-order valence-corrected chi connectivity index (χ3v) is 6.03. The number of ether oxygens (including phenoxy) is 1. The second-order valence-electron chi connectivity index (χ2n) is 6.41. The van der Waals surface area contributed by atoms with Crippen LogP contribution < -0.4 is 4.74 Å². The van der Waals surface area contributed by atoms with E-state index < -0.39 is 4.92 Å². The number of hydrogen-bond acceptors (Lipinski definition) is 7. The highest BCUT2D eigenvalue weighted by atomic mass is 32.1. The fraction of sp³-hybridized carbons (Fsp3) is 0.211. The average Bonchev–Trinajstić information content (AvgIpc) is 3.07. The van der Waals surface area contributed by atoms with Gasteiger partial charge in [-0.05, 0) is 49.4 Å². The number of non-ortho nitro benzene ring substituents is 1. The third-order valence-electron chi connectivity index (χ3n) is 4.83. The van der Waals surface area contributed by atoms with E-state index >= 15 is 0 Å². The quantitative estimate of drug-likeness (QED) is 0.375. The predicted octanol–water partition coefficient (Wildman–Crippen LogP) is 4.82. The Balaban J connectivity index is 1.67. The van der Waals surface area contributed by atoms with Gasteiger partial charge in [-0.1, -0.05) is 0 Å². The van der Waals surface area contributed by atoms with E-state index in [-0.39, 0.29) is 5.69 Å². The number of benzene rings is 1. The molecule has 0 radical (unpaired) electrons. The van der Waals surface area contributed by atoms with E-state index in [2.05, 4.69) is 15.0 Å². The molecule has 1 aliphatic carbocycles. The van der Waals surface area contributed by atoms with Crippen LogP contribution in [0.1, 0.15) is 23.3 Å². The Morgan fingerprint density at radius 1 is 1.11 bits per heavy atom. The molecule has 0 atom stereocenters. The maximum absolute atomic E-state index is 11.3. The molecule has 3 aromatic heterocycles. The van der Waals surface area contributed by atoms with Crippen molar-refractivity contribution in [1.29, 1.82) is 0 Å². The Morgan fingerprint density at radius 2 is 2.00 bits per heavy atom. The normalized spacial score (nSPS) is 13.6. The van der Waals surface area contributed by atoms with Gasteiger partial charge in [-0.3, -0.25) is 15.1 Å². The van der Waals surface area contributed by atoms with E-state index in [1.807, 2.05) is 0 Å². The van der Waals surface area contributed by atoms with Crippen LogP contribution in [-0.4, -0.2) is 19.9 Å². The Hall–Kier alpha value is -3.13. The number of rotatable bonds is 3. The second kappa shape index (κ2) is 6.24. The molecular formula is C19H14N4O3S. The summed E-state index contributed by atoms with van der Waals surface area (Å²) in [6.07, 6.45) is 7.51. The number of nitrogens with zero attached hydrogens (tertiary/aromatic N) is 4. The first-order chi connectivity index (χ1) is 13.2. The first-order valence-electron chi connectivity index (χ1n) is 8.67. The first-order valence-corrected chi connectivity index (χ1v) is 9.49. The molecule has 0 spiro atoms. The molecule has 4 aromatic rings. The van der Waals surface area contributed by atoms with Gasteiger partial charge in [-0.15, -0.1) is 11.3 Å². The van der Waals surface area contributed by atoms with Crippen molar-refractivity contribution in [2.45, 2.75) is 25.7 Å². The van der Waals surface area contributed by atoms with Crippen molar-refractivity contribution in [2.75, 3.05) is 0 Å². The van der Waals surface area contributed by atoms with Crippen molar-refractivity contribution in [3.63, 3.8) is 0 Å². The van der Waals surface area contributed by atoms with Gasteiger partial charge in [-0.2, -0.15) is 0 Å². The van der Waals surface area contributed by atoms with Gasteiger partial charge in [0.25, 0.3) is 5.69 Å². The van der Waals surface area contributed by atoms with E-state index in [0.717, 1.165) is 29.5 Å². The summed E-state index contributed by atoms with van der Waals surface area (Å²) in [5, 5.41) is 12.7. The number of nitro benzene ring substituents is 1. The highest BCUT2D eigenvalue weighted by Gasteiger charge is 2.22. The molecule has 0 amide bonds. The van der Waals surface area contributed by atoms with Crippen molar-refractivity contribution >= 4 is 38.1 Å². The highest BCUT2D eigenvalue weighted by molar-refractivity contribution is 7.18. The topological polar surface area (TPSA) is 91.0 Å². The van der Waals surface area contributed by atoms with Gasteiger partial charge in [-0.25, -0.2) is 9.97 Å². The van der Waals surface area contributed by atoms with Crippen LogP contribution in [0.2, 0.25) is 0 Å². The minimum Gasteiger partial charge on any atom is -0.436 e. The fourth-order valence-electron chi connectivity index (χ4n) is 3.62. The summed E-state index contributed by atoms with van der Waals surface area (Å²) >= 11 is 1.70. The van der Waals surface area contributed by atoms with Crippen molar-refractivity contribution < 1.29 is 9.66 Å². The Kier molecular flexibility index (Phi) is 3.71. The molecule has 0 unspecified atom stereocenters. The van der Waals surface area contributed by atoms with Crippen LogP contribution in [0.25, 0.3) is 21.1 Å². The molecule has 3 heterocycles. The van der Waals surface area contributed by atoms with Crippen LogP contribution >= 0.6 is 11.3 Å². The molecule has 7 nitrogen and oxygen atoms in total. The van der Waals surface area contributed by atoms with Crippen molar-refractivity contribution in [3.05, 3.63) is 57.3 Å². The number of aromatic nitrogens is 3. The smallest absolute Gasteiger partial charge is 0.279 e. The van der Waals surface area contributed by atoms with Gasteiger partial charge in [0.15, 0.2) is 5.75 Å². The van der Waals surface area contributed by atoms with Crippen LogP contribution in [0.3, 0.4) is 0 Å². The van der Waals surface area contributed by atoms with Gasteiger partial charge in [0.2, 0.25) is 5.88 Å². The summed E-state index contributed by atoms with van der Waals surface area (Å²) in [4.78, 5) is 26.2. The monoisotopic (exact) mass is 378 g/mol. The van der Waals surface area contributed by atoms with Gasteiger partial charge in [0.05, 0.1) is 15.7 Å². The number of pyridine rings is 1. The number of nitro groups is 1. The molecule has 0 aliphatic heterocycles.